The van der Waals surface area contributed by atoms with E-state index in [0.717, 1.165) is 12.8 Å². The van der Waals surface area contributed by atoms with E-state index in [1.165, 1.54) is 6.92 Å². The molecule has 4 nitrogen and oxygen atoms in total. The topological polar surface area (TPSA) is 44.8 Å². The van der Waals surface area contributed by atoms with Gasteiger partial charge in [-0.2, -0.15) is 0 Å². The molecule has 0 amide bonds. The highest BCUT2D eigenvalue weighted by molar-refractivity contribution is 5.76. The largest absolute Gasteiger partial charge is 0.347 e. The van der Waals surface area contributed by atoms with Crippen LogP contribution in [-0.2, 0) is 19.0 Å². The number of hydrogen-bond donors (Lipinski definition) is 0. The maximum Gasteiger partial charge on any atom is 0.192 e. The van der Waals surface area contributed by atoms with Gasteiger partial charge in [-0.3, -0.25) is 4.79 Å². The maximum atomic E-state index is 10.8. The third kappa shape index (κ3) is 3.85. The summed E-state index contributed by atoms with van der Waals surface area (Å²) in [5.41, 5.74) is 0. The van der Waals surface area contributed by atoms with Crippen molar-refractivity contribution in [2.45, 2.75) is 52.6 Å². The Balaban J connectivity index is 2.40. The zero-order valence-corrected chi connectivity index (χ0v) is 10.6. The Bertz CT molecular complexity index is 241. The Morgan fingerprint density at radius 3 is 2.88 bits per heavy atom. The van der Waals surface area contributed by atoms with E-state index in [-0.39, 0.29) is 18.7 Å². The summed E-state index contributed by atoms with van der Waals surface area (Å²) in [4.78, 5) is 10.8. The number of ether oxygens (including phenoxy) is 3. The van der Waals surface area contributed by atoms with Crippen molar-refractivity contribution in [2.75, 3.05) is 13.2 Å². The van der Waals surface area contributed by atoms with Gasteiger partial charge in [0, 0.05) is 5.92 Å². The van der Waals surface area contributed by atoms with Gasteiger partial charge in [-0.25, -0.2) is 0 Å². The Hall–Kier alpha value is -0.450. The molecule has 0 N–H and O–H groups in total. The van der Waals surface area contributed by atoms with Crippen LogP contribution < -0.4 is 0 Å². The summed E-state index contributed by atoms with van der Waals surface area (Å²) in [6, 6.07) is 0. The van der Waals surface area contributed by atoms with Crippen LogP contribution in [0, 0.1) is 5.92 Å². The summed E-state index contributed by atoms with van der Waals surface area (Å²) in [5, 5.41) is 0. The second-order valence-corrected chi connectivity index (χ2v) is 4.69. The monoisotopic (exact) mass is 230 g/mol. The van der Waals surface area contributed by atoms with E-state index in [1.54, 1.807) is 0 Å². The van der Waals surface area contributed by atoms with E-state index in [1.807, 2.05) is 6.92 Å². The second kappa shape index (κ2) is 5.75. The fourth-order valence-corrected chi connectivity index (χ4v) is 1.75. The predicted octanol–water partition coefficient (Wildman–Crippen LogP) is 2.12. The molecule has 1 unspecified atom stereocenters. The van der Waals surface area contributed by atoms with Crippen molar-refractivity contribution in [1.29, 1.82) is 0 Å². The summed E-state index contributed by atoms with van der Waals surface area (Å²) in [7, 11) is 0. The average molecular weight is 230 g/mol. The van der Waals surface area contributed by atoms with Gasteiger partial charge in [0.25, 0.3) is 0 Å². The van der Waals surface area contributed by atoms with Crippen molar-refractivity contribution < 1.29 is 19.0 Å². The minimum Gasteiger partial charge on any atom is -0.347 e. The molecule has 4 heteroatoms. The van der Waals surface area contributed by atoms with Crippen LogP contribution in [-0.4, -0.2) is 31.1 Å². The lowest BCUT2D eigenvalue weighted by atomic mass is 10.1. The van der Waals surface area contributed by atoms with Crippen LogP contribution in [0.2, 0.25) is 0 Å². The Morgan fingerprint density at radius 2 is 2.31 bits per heavy atom. The summed E-state index contributed by atoms with van der Waals surface area (Å²) in [5.74, 6) is -0.416. The molecule has 0 aliphatic carbocycles. The molecule has 0 aromatic carbocycles. The Labute approximate surface area is 97.2 Å². The number of Topliss-reactive ketones (excluding diaryl/α,β-unsaturated/α-hetero) is 1. The quantitative estimate of drug-likeness (QED) is 0.701. The lowest BCUT2D eigenvalue weighted by Crippen LogP contribution is -2.34. The Morgan fingerprint density at radius 1 is 1.62 bits per heavy atom. The van der Waals surface area contributed by atoms with Crippen molar-refractivity contribution >= 4 is 5.78 Å². The van der Waals surface area contributed by atoms with E-state index in [9.17, 15) is 4.79 Å². The van der Waals surface area contributed by atoms with Gasteiger partial charge in [0.1, 0.15) is 13.2 Å². The molecule has 0 spiro atoms. The van der Waals surface area contributed by atoms with Crippen molar-refractivity contribution in [3.05, 3.63) is 0 Å². The van der Waals surface area contributed by atoms with Crippen molar-refractivity contribution in [3.8, 4) is 0 Å². The maximum absolute atomic E-state index is 10.8. The number of rotatable bonds is 6. The highest BCUT2D eigenvalue weighted by atomic mass is 16.8. The molecule has 1 aliphatic heterocycles. The normalized spacial score (nSPS) is 31.6. The molecule has 0 aromatic heterocycles. The third-order valence-corrected chi connectivity index (χ3v) is 2.66. The van der Waals surface area contributed by atoms with Gasteiger partial charge in [-0.1, -0.05) is 20.3 Å². The van der Waals surface area contributed by atoms with Gasteiger partial charge < -0.3 is 14.2 Å². The van der Waals surface area contributed by atoms with Crippen LogP contribution in [0.5, 0.6) is 0 Å². The van der Waals surface area contributed by atoms with Crippen molar-refractivity contribution in [1.82, 2.24) is 0 Å². The molecule has 0 bridgehead atoms. The lowest BCUT2D eigenvalue weighted by molar-refractivity contribution is -0.221. The van der Waals surface area contributed by atoms with Crippen molar-refractivity contribution in [3.63, 3.8) is 0 Å². The number of ketones is 1. The van der Waals surface area contributed by atoms with Crippen LogP contribution in [0.1, 0.15) is 40.5 Å². The molecule has 1 fully saturated rings. The molecule has 16 heavy (non-hydrogen) atoms. The SMILES string of the molecule is CCCC(C)[C@@H]1OC[C@](C)(OCC(C)=O)O1. The minimum absolute atomic E-state index is 0.00474. The van der Waals surface area contributed by atoms with Crippen LogP contribution in [0.3, 0.4) is 0 Å². The number of carbonyl (C=O) groups is 1. The molecule has 1 saturated heterocycles. The molecular formula is C12H22O4. The zero-order chi connectivity index (χ0) is 12.2. The van der Waals surface area contributed by atoms with Crippen LogP contribution in [0.25, 0.3) is 0 Å². The fraction of sp³-hybridized carbons (Fsp3) is 0.917. The number of hydrogen-bond acceptors (Lipinski definition) is 4. The highest BCUT2D eigenvalue weighted by Gasteiger charge is 2.40. The Kier molecular flexibility index (Phi) is 4.89. The molecule has 94 valence electrons. The first-order chi connectivity index (χ1) is 7.47. The van der Waals surface area contributed by atoms with Gasteiger partial charge >= 0.3 is 0 Å². The molecule has 3 atom stereocenters. The first kappa shape index (κ1) is 13.6. The zero-order valence-electron chi connectivity index (χ0n) is 10.6. The highest BCUT2D eigenvalue weighted by Crippen LogP contribution is 2.29. The predicted molar refractivity (Wildman–Crippen MR) is 59.9 cm³/mol. The summed E-state index contributed by atoms with van der Waals surface area (Å²) in [6.07, 6.45) is 1.96. The van der Waals surface area contributed by atoms with Crippen LogP contribution >= 0.6 is 0 Å². The lowest BCUT2D eigenvalue weighted by Gasteiger charge is -2.24. The van der Waals surface area contributed by atoms with Crippen molar-refractivity contribution in [2.24, 2.45) is 5.92 Å². The molecule has 1 aliphatic rings. The summed E-state index contributed by atoms with van der Waals surface area (Å²) < 4.78 is 16.7. The van der Waals surface area contributed by atoms with Gasteiger partial charge in [0.15, 0.2) is 17.9 Å². The average Bonchev–Trinajstić information content (AvgIpc) is 2.60. The molecule has 0 radical (unpaired) electrons. The summed E-state index contributed by atoms with van der Waals surface area (Å²) >= 11 is 0. The van der Waals surface area contributed by atoms with E-state index >= 15 is 0 Å². The third-order valence-electron chi connectivity index (χ3n) is 2.66. The van der Waals surface area contributed by atoms with E-state index in [4.69, 9.17) is 14.2 Å². The molecular weight excluding hydrogens is 208 g/mol. The van der Waals surface area contributed by atoms with Crippen LogP contribution in [0.15, 0.2) is 0 Å². The van der Waals surface area contributed by atoms with Gasteiger partial charge in [0.2, 0.25) is 0 Å². The molecule has 1 heterocycles. The van der Waals surface area contributed by atoms with E-state index in [0.29, 0.717) is 12.5 Å². The molecule has 0 saturated carbocycles. The smallest absolute Gasteiger partial charge is 0.192 e. The first-order valence-electron chi connectivity index (χ1n) is 5.89. The standard InChI is InChI=1S/C12H22O4/c1-5-6-9(2)11-14-8-12(4,16-11)15-7-10(3)13/h9,11H,5-8H2,1-4H3/t9?,11-,12-/m1/s1. The van der Waals surface area contributed by atoms with E-state index < -0.39 is 5.79 Å². The van der Waals surface area contributed by atoms with E-state index in [2.05, 4.69) is 13.8 Å². The van der Waals surface area contributed by atoms with Crippen LogP contribution in [0.4, 0.5) is 0 Å². The van der Waals surface area contributed by atoms with Gasteiger partial charge in [0.05, 0.1) is 0 Å². The van der Waals surface area contributed by atoms with Gasteiger partial charge in [-0.05, 0) is 20.3 Å². The first-order valence-corrected chi connectivity index (χ1v) is 5.89. The second-order valence-electron chi connectivity index (χ2n) is 4.69. The fourth-order valence-electron chi connectivity index (χ4n) is 1.75. The van der Waals surface area contributed by atoms with Gasteiger partial charge in [-0.15, -0.1) is 0 Å². The molecule has 1 rings (SSSR count). The summed E-state index contributed by atoms with van der Waals surface area (Å²) in [6.45, 7) is 8.01. The minimum atomic E-state index is -0.766. The number of carbonyl (C=O) groups excluding carboxylic acids is 1. The molecule has 0 aromatic rings.